The molecule has 0 aliphatic heterocycles. The van der Waals surface area contributed by atoms with Gasteiger partial charge in [-0.3, -0.25) is 4.79 Å². The minimum absolute atomic E-state index is 0.106. The van der Waals surface area contributed by atoms with Gasteiger partial charge in [0.15, 0.2) is 11.1 Å². The van der Waals surface area contributed by atoms with E-state index in [0.29, 0.717) is 12.4 Å². The van der Waals surface area contributed by atoms with Crippen LogP contribution in [0.3, 0.4) is 0 Å². The van der Waals surface area contributed by atoms with Crippen LogP contribution < -0.4 is 10.1 Å². The second-order valence-electron chi connectivity index (χ2n) is 3.30. The Labute approximate surface area is 108 Å². The number of benzene rings is 1. The average molecular weight is 273 g/mol. The van der Waals surface area contributed by atoms with Crippen molar-refractivity contribution in [1.29, 1.82) is 0 Å². The highest BCUT2D eigenvalue weighted by Crippen LogP contribution is 2.24. The van der Waals surface area contributed by atoms with Gasteiger partial charge in [0, 0.05) is 12.7 Å². The normalized spacial score (nSPS) is 11.9. The number of carbonyl (C=O) groups is 1. The summed E-state index contributed by atoms with van der Waals surface area (Å²) in [5.74, 6) is 0.0905. The van der Waals surface area contributed by atoms with Crippen LogP contribution in [-0.4, -0.2) is 35.0 Å². The van der Waals surface area contributed by atoms with Gasteiger partial charge in [-0.25, -0.2) is 4.21 Å². The fourth-order valence-electron chi connectivity index (χ4n) is 1.27. The zero-order valence-corrected chi connectivity index (χ0v) is 11.0. The van der Waals surface area contributed by atoms with Crippen molar-refractivity contribution >= 4 is 22.7 Å². The molecule has 0 fully saturated rings. The maximum Gasteiger partial charge on any atom is 0.250 e. The van der Waals surface area contributed by atoms with E-state index in [1.807, 2.05) is 0 Å². The van der Waals surface area contributed by atoms with Gasteiger partial charge < -0.3 is 19.3 Å². The summed E-state index contributed by atoms with van der Waals surface area (Å²) in [4.78, 5) is 11.6. The Morgan fingerprint density at radius 2 is 2.22 bits per heavy atom. The summed E-state index contributed by atoms with van der Waals surface area (Å²) >= 11 is -2.18. The molecule has 1 aromatic carbocycles. The maximum absolute atomic E-state index is 11.5. The zero-order chi connectivity index (χ0) is 13.5. The van der Waals surface area contributed by atoms with E-state index in [1.54, 1.807) is 13.0 Å². The lowest BCUT2D eigenvalue weighted by atomic mass is 10.3. The van der Waals surface area contributed by atoms with E-state index in [-0.39, 0.29) is 17.2 Å². The van der Waals surface area contributed by atoms with Gasteiger partial charge >= 0.3 is 0 Å². The topological polar surface area (TPSA) is 84.9 Å². The standard InChI is InChI=1S/C11H15NO5S/c1-3-17-7-11(13)12-9-6-8(16-2)4-5-10(9)18(14)15/h4-6H,3,7H2,1-2H3,(H,12,13)(H,14,15). The molecule has 0 aliphatic carbocycles. The zero-order valence-electron chi connectivity index (χ0n) is 10.1. The summed E-state index contributed by atoms with van der Waals surface area (Å²) in [5.41, 5.74) is 0.236. The van der Waals surface area contributed by atoms with E-state index >= 15 is 0 Å². The van der Waals surface area contributed by atoms with Gasteiger partial charge in [-0.2, -0.15) is 0 Å². The van der Waals surface area contributed by atoms with Crippen LogP contribution in [0.15, 0.2) is 23.1 Å². The van der Waals surface area contributed by atoms with E-state index in [2.05, 4.69) is 5.32 Å². The predicted octanol–water partition coefficient (Wildman–Crippen LogP) is 1.25. The highest BCUT2D eigenvalue weighted by molar-refractivity contribution is 7.79. The number of ether oxygens (including phenoxy) is 2. The van der Waals surface area contributed by atoms with E-state index in [4.69, 9.17) is 14.0 Å². The molecule has 0 aromatic heterocycles. The molecule has 100 valence electrons. The third kappa shape index (κ3) is 4.10. The van der Waals surface area contributed by atoms with E-state index in [0.717, 1.165) is 0 Å². The minimum atomic E-state index is -2.18. The van der Waals surface area contributed by atoms with Crippen LogP contribution in [0.25, 0.3) is 0 Å². The Bertz CT molecular complexity index is 449. The van der Waals surface area contributed by atoms with Crippen LogP contribution in [0, 0.1) is 0 Å². The first kappa shape index (κ1) is 14.6. The third-order valence-electron chi connectivity index (χ3n) is 2.09. The van der Waals surface area contributed by atoms with Gasteiger partial charge in [0.05, 0.1) is 17.7 Å². The van der Waals surface area contributed by atoms with E-state index in [9.17, 15) is 9.00 Å². The number of hydrogen-bond acceptors (Lipinski definition) is 4. The molecule has 18 heavy (non-hydrogen) atoms. The second kappa shape index (κ2) is 7.10. The molecule has 1 rings (SSSR count). The summed E-state index contributed by atoms with van der Waals surface area (Å²) in [6.07, 6.45) is 0. The van der Waals surface area contributed by atoms with Gasteiger partial charge in [-0.05, 0) is 19.1 Å². The first-order valence-electron chi connectivity index (χ1n) is 5.25. The number of hydrogen-bond donors (Lipinski definition) is 2. The molecule has 0 saturated heterocycles. The lowest BCUT2D eigenvalue weighted by Crippen LogP contribution is -2.19. The Balaban J connectivity index is 2.90. The van der Waals surface area contributed by atoms with Crippen molar-refractivity contribution in [3.8, 4) is 5.75 Å². The molecule has 0 saturated carbocycles. The molecule has 7 heteroatoms. The van der Waals surface area contributed by atoms with Crippen molar-refractivity contribution in [3.05, 3.63) is 18.2 Å². The monoisotopic (exact) mass is 273 g/mol. The van der Waals surface area contributed by atoms with Crippen LogP contribution in [0.2, 0.25) is 0 Å². The van der Waals surface area contributed by atoms with Crippen molar-refractivity contribution in [2.75, 3.05) is 25.6 Å². The van der Waals surface area contributed by atoms with Crippen molar-refractivity contribution < 1.29 is 23.0 Å². The summed E-state index contributed by atoms with van der Waals surface area (Å²) in [7, 11) is 1.47. The summed E-state index contributed by atoms with van der Waals surface area (Å²) in [5, 5.41) is 2.50. The molecule has 0 spiro atoms. The number of anilines is 1. The molecule has 1 amide bonds. The minimum Gasteiger partial charge on any atom is -0.497 e. The Morgan fingerprint density at radius 3 is 2.78 bits per heavy atom. The van der Waals surface area contributed by atoms with Crippen LogP contribution in [-0.2, 0) is 20.6 Å². The summed E-state index contributed by atoms with van der Waals surface area (Å²) in [6.45, 7) is 2.09. The largest absolute Gasteiger partial charge is 0.497 e. The molecular weight excluding hydrogens is 258 g/mol. The van der Waals surface area contributed by atoms with Crippen molar-refractivity contribution in [1.82, 2.24) is 0 Å². The number of amides is 1. The molecule has 1 atom stereocenters. The lowest BCUT2D eigenvalue weighted by molar-refractivity contribution is -0.120. The number of nitrogens with one attached hydrogen (secondary N) is 1. The fraction of sp³-hybridized carbons (Fsp3) is 0.364. The van der Waals surface area contributed by atoms with Gasteiger partial charge in [0.2, 0.25) is 5.91 Å². The smallest absolute Gasteiger partial charge is 0.250 e. The number of carbonyl (C=O) groups excluding carboxylic acids is 1. The molecule has 0 heterocycles. The van der Waals surface area contributed by atoms with Crippen molar-refractivity contribution in [2.24, 2.45) is 0 Å². The van der Waals surface area contributed by atoms with E-state index < -0.39 is 17.0 Å². The Morgan fingerprint density at radius 1 is 1.50 bits per heavy atom. The molecule has 1 unspecified atom stereocenters. The van der Waals surface area contributed by atoms with Gasteiger partial charge in [-0.1, -0.05) is 0 Å². The maximum atomic E-state index is 11.5. The second-order valence-corrected chi connectivity index (χ2v) is 4.23. The molecule has 0 bridgehead atoms. The quantitative estimate of drug-likeness (QED) is 0.762. The van der Waals surface area contributed by atoms with Crippen LogP contribution in [0.4, 0.5) is 5.69 Å². The van der Waals surface area contributed by atoms with Gasteiger partial charge in [-0.15, -0.1) is 0 Å². The number of rotatable bonds is 6. The van der Waals surface area contributed by atoms with Crippen LogP contribution in [0.5, 0.6) is 5.75 Å². The highest BCUT2D eigenvalue weighted by atomic mass is 32.2. The lowest BCUT2D eigenvalue weighted by Gasteiger charge is -2.10. The third-order valence-corrected chi connectivity index (χ3v) is 2.82. The Kier molecular flexibility index (Phi) is 5.76. The van der Waals surface area contributed by atoms with Crippen molar-refractivity contribution in [3.63, 3.8) is 0 Å². The van der Waals surface area contributed by atoms with Crippen LogP contribution >= 0.6 is 0 Å². The Hall–Kier alpha value is -1.44. The molecule has 6 nitrogen and oxygen atoms in total. The fourth-order valence-corrected chi connectivity index (χ4v) is 1.75. The molecule has 1 aromatic rings. The predicted molar refractivity (Wildman–Crippen MR) is 67.2 cm³/mol. The highest BCUT2D eigenvalue weighted by Gasteiger charge is 2.12. The van der Waals surface area contributed by atoms with Crippen molar-refractivity contribution in [2.45, 2.75) is 11.8 Å². The molecule has 0 aliphatic rings. The summed E-state index contributed by atoms with van der Waals surface area (Å²) in [6, 6.07) is 4.44. The summed E-state index contributed by atoms with van der Waals surface area (Å²) < 4.78 is 30.1. The first-order chi connectivity index (χ1) is 8.58. The number of methoxy groups -OCH3 is 1. The average Bonchev–Trinajstić information content (AvgIpc) is 2.35. The first-order valence-corrected chi connectivity index (χ1v) is 6.35. The van der Waals surface area contributed by atoms with Crippen LogP contribution in [0.1, 0.15) is 6.92 Å². The SMILES string of the molecule is CCOCC(=O)Nc1cc(OC)ccc1S(=O)O. The molecule has 0 radical (unpaired) electrons. The van der Waals surface area contributed by atoms with E-state index in [1.165, 1.54) is 19.2 Å². The van der Waals surface area contributed by atoms with Gasteiger partial charge in [0.1, 0.15) is 12.4 Å². The molecular formula is C11H15NO5S. The molecule has 2 N–H and O–H groups in total. The van der Waals surface area contributed by atoms with Gasteiger partial charge in [0.25, 0.3) is 0 Å².